The second kappa shape index (κ2) is 9.27. The Balaban J connectivity index is 0.00000225. The number of hydrogen-bond acceptors (Lipinski definition) is 3. The van der Waals surface area contributed by atoms with Gasteiger partial charge in [0.15, 0.2) is 0 Å². The molecule has 1 fully saturated rings. The molecule has 3 nitrogen and oxygen atoms in total. The van der Waals surface area contributed by atoms with E-state index < -0.39 is 0 Å². The first kappa shape index (κ1) is 19.8. The van der Waals surface area contributed by atoms with Gasteiger partial charge in [0.1, 0.15) is 0 Å². The van der Waals surface area contributed by atoms with Crippen LogP contribution in [-0.4, -0.2) is 35.7 Å². The summed E-state index contributed by atoms with van der Waals surface area (Å²) < 4.78 is 0. The summed E-state index contributed by atoms with van der Waals surface area (Å²) in [7, 11) is 0. The van der Waals surface area contributed by atoms with Crippen molar-refractivity contribution in [1.29, 1.82) is 0 Å². The van der Waals surface area contributed by atoms with Gasteiger partial charge >= 0.3 is 0 Å². The van der Waals surface area contributed by atoms with Crippen LogP contribution in [0.3, 0.4) is 0 Å². The molecule has 2 aromatic carbocycles. The molecule has 0 saturated carbocycles. The van der Waals surface area contributed by atoms with Gasteiger partial charge in [-0.15, -0.1) is 24.2 Å². The zero-order valence-corrected chi connectivity index (χ0v) is 16.1. The quantitative estimate of drug-likeness (QED) is 0.867. The minimum atomic E-state index is 0. The van der Waals surface area contributed by atoms with E-state index in [0.717, 1.165) is 12.3 Å². The first-order valence-electron chi connectivity index (χ1n) is 8.35. The number of amides is 1. The number of aryl methyl sites for hydroxylation is 1. The van der Waals surface area contributed by atoms with Gasteiger partial charge in [0, 0.05) is 30.8 Å². The Bertz CT molecular complexity index is 695. The maximum Gasteiger partial charge on any atom is 0.232 e. The van der Waals surface area contributed by atoms with E-state index in [-0.39, 0.29) is 30.3 Å². The number of hydrogen-bond donors (Lipinski definition) is 1. The minimum absolute atomic E-state index is 0. The number of benzene rings is 2. The normalized spacial score (nSPS) is 19.5. The van der Waals surface area contributed by atoms with E-state index >= 15 is 0 Å². The lowest BCUT2D eigenvalue weighted by atomic mass is 9.95. The van der Waals surface area contributed by atoms with Crippen LogP contribution in [0, 0.1) is 6.92 Å². The summed E-state index contributed by atoms with van der Waals surface area (Å²) in [5.74, 6) is 1.83. The van der Waals surface area contributed by atoms with Crippen molar-refractivity contribution in [2.24, 2.45) is 5.73 Å². The van der Waals surface area contributed by atoms with Gasteiger partial charge in [-0.3, -0.25) is 4.79 Å². The summed E-state index contributed by atoms with van der Waals surface area (Å²) in [5, 5.41) is 0. The molecule has 1 heterocycles. The molecule has 2 atom stereocenters. The molecule has 0 bridgehead atoms. The Kier molecular flexibility index (Phi) is 7.36. The number of carbonyl (C=O) groups is 1. The SMILES string of the molecule is Cc1cccc(CSCC(=O)N2C[C@@H](N)[C@H](c3ccccc3)C2)c1.Cl. The van der Waals surface area contributed by atoms with Gasteiger partial charge in [0.2, 0.25) is 5.91 Å². The molecule has 0 aliphatic carbocycles. The molecular formula is C20H25ClN2OS. The number of carbonyl (C=O) groups excluding carboxylic acids is 1. The van der Waals surface area contributed by atoms with Crippen molar-refractivity contribution in [3.8, 4) is 0 Å². The Morgan fingerprint density at radius 2 is 1.92 bits per heavy atom. The molecular weight excluding hydrogens is 352 g/mol. The van der Waals surface area contributed by atoms with Crippen molar-refractivity contribution < 1.29 is 4.79 Å². The second-order valence-electron chi connectivity index (χ2n) is 6.46. The highest BCUT2D eigenvalue weighted by molar-refractivity contribution is 7.99. The zero-order valence-electron chi connectivity index (χ0n) is 14.4. The molecule has 2 N–H and O–H groups in total. The summed E-state index contributed by atoms with van der Waals surface area (Å²) in [6.45, 7) is 3.48. The van der Waals surface area contributed by atoms with E-state index in [0.29, 0.717) is 12.3 Å². The van der Waals surface area contributed by atoms with Crippen LogP contribution in [-0.2, 0) is 10.5 Å². The molecule has 0 unspecified atom stereocenters. The lowest BCUT2D eigenvalue weighted by Gasteiger charge is -2.16. The fourth-order valence-corrected chi connectivity index (χ4v) is 4.11. The van der Waals surface area contributed by atoms with Crippen LogP contribution in [0.15, 0.2) is 54.6 Å². The highest BCUT2D eigenvalue weighted by Gasteiger charge is 2.33. The number of likely N-dealkylation sites (tertiary alicyclic amines) is 1. The summed E-state index contributed by atoms with van der Waals surface area (Å²) in [6, 6.07) is 18.7. The Morgan fingerprint density at radius 1 is 1.16 bits per heavy atom. The van der Waals surface area contributed by atoms with Gasteiger partial charge in [0.05, 0.1) is 5.75 Å². The van der Waals surface area contributed by atoms with Crippen LogP contribution in [0.25, 0.3) is 0 Å². The van der Waals surface area contributed by atoms with Gasteiger partial charge in [-0.05, 0) is 18.1 Å². The van der Waals surface area contributed by atoms with Crippen LogP contribution in [0.5, 0.6) is 0 Å². The lowest BCUT2D eigenvalue weighted by Crippen LogP contribution is -2.33. The molecule has 1 saturated heterocycles. The Labute approximate surface area is 160 Å². The topological polar surface area (TPSA) is 46.3 Å². The first-order chi connectivity index (χ1) is 11.6. The number of nitrogens with two attached hydrogens (primary N) is 1. The van der Waals surface area contributed by atoms with Crippen molar-refractivity contribution in [2.75, 3.05) is 18.8 Å². The molecule has 0 radical (unpaired) electrons. The molecule has 5 heteroatoms. The molecule has 134 valence electrons. The van der Waals surface area contributed by atoms with Crippen molar-refractivity contribution in [1.82, 2.24) is 4.90 Å². The fourth-order valence-electron chi connectivity index (χ4n) is 3.23. The number of nitrogens with zero attached hydrogens (tertiary/aromatic N) is 1. The van der Waals surface area contributed by atoms with Gasteiger partial charge < -0.3 is 10.6 Å². The molecule has 0 aromatic heterocycles. The van der Waals surface area contributed by atoms with E-state index in [9.17, 15) is 4.79 Å². The summed E-state index contributed by atoms with van der Waals surface area (Å²) in [5.41, 5.74) is 10.0. The van der Waals surface area contributed by atoms with E-state index in [4.69, 9.17) is 5.73 Å². The van der Waals surface area contributed by atoms with E-state index in [1.807, 2.05) is 23.1 Å². The summed E-state index contributed by atoms with van der Waals surface area (Å²) in [6.07, 6.45) is 0. The van der Waals surface area contributed by atoms with Crippen molar-refractivity contribution in [3.05, 3.63) is 71.3 Å². The standard InChI is InChI=1S/C20H24N2OS.ClH/c1-15-6-5-7-16(10-15)13-24-14-20(23)22-11-18(19(21)12-22)17-8-3-2-4-9-17;/h2-10,18-19H,11-14,21H2,1H3;1H/t18-,19+;/m0./s1. The third-order valence-corrected chi connectivity index (χ3v) is 5.51. The third-order valence-electron chi connectivity index (χ3n) is 4.52. The average Bonchev–Trinajstić information content (AvgIpc) is 2.98. The molecule has 0 spiro atoms. The van der Waals surface area contributed by atoms with Gasteiger partial charge in [-0.2, -0.15) is 0 Å². The van der Waals surface area contributed by atoms with Gasteiger partial charge in [-0.1, -0.05) is 60.2 Å². The van der Waals surface area contributed by atoms with E-state index in [1.165, 1.54) is 16.7 Å². The predicted octanol–water partition coefficient (Wildman–Crippen LogP) is 3.60. The third kappa shape index (κ3) is 5.24. The number of halogens is 1. The minimum Gasteiger partial charge on any atom is -0.340 e. The van der Waals surface area contributed by atoms with Gasteiger partial charge in [0.25, 0.3) is 0 Å². The molecule has 3 rings (SSSR count). The molecule has 25 heavy (non-hydrogen) atoms. The smallest absolute Gasteiger partial charge is 0.232 e. The number of rotatable bonds is 5. The van der Waals surface area contributed by atoms with Gasteiger partial charge in [-0.25, -0.2) is 0 Å². The van der Waals surface area contributed by atoms with Crippen LogP contribution < -0.4 is 5.73 Å². The van der Waals surface area contributed by atoms with Crippen molar-refractivity contribution in [2.45, 2.75) is 24.6 Å². The van der Waals surface area contributed by atoms with E-state index in [1.54, 1.807) is 11.8 Å². The summed E-state index contributed by atoms with van der Waals surface area (Å²) >= 11 is 1.68. The lowest BCUT2D eigenvalue weighted by molar-refractivity contribution is -0.127. The fraction of sp³-hybridized carbons (Fsp3) is 0.350. The Morgan fingerprint density at radius 3 is 2.64 bits per heavy atom. The zero-order chi connectivity index (χ0) is 16.9. The van der Waals surface area contributed by atoms with Crippen LogP contribution >= 0.6 is 24.2 Å². The maximum absolute atomic E-state index is 12.5. The van der Waals surface area contributed by atoms with Crippen molar-refractivity contribution in [3.63, 3.8) is 0 Å². The van der Waals surface area contributed by atoms with Crippen molar-refractivity contribution >= 4 is 30.1 Å². The van der Waals surface area contributed by atoms with Crippen LogP contribution in [0.1, 0.15) is 22.6 Å². The van der Waals surface area contributed by atoms with Crippen LogP contribution in [0.2, 0.25) is 0 Å². The van der Waals surface area contributed by atoms with Crippen LogP contribution in [0.4, 0.5) is 0 Å². The molecule has 1 amide bonds. The first-order valence-corrected chi connectivity index (χ1v) is 9.50. The summed E-state index contributed by atoms with van der Waals surface area (Å²) in [4.78, 5) is 14.4. The highest BCUT2D eigenvalue weighted by atomic mass is 35.5. The van der Waals surface area contributed by atoms with E-state index in [2.05, 4.69) is 43.3 Å². The Hall–Kier alpha value is -1.49. The molecule has 1 aliphatic heterocycles. The second-order valence-corrected chi connectivity index (χ2v) is 7.45. The monoisotopic (exact) mass is 376 g/mol. The average molecular weight is 377 g/mol. The molecule has 1 aliphatic rings. The largest absolute Gasteiger partial charge is 0.340 e. The predicted molar refractivity (Wildman–Crippen MR) is 108 cm³/mol. The maximum atomic E-state index is 12.5. The molecule has 2 aromatic rings. The highest BCUT2D eigenvalue weighted by Crippen LogP contribution is 2.27. The number of thioether (sulfide) groups is 1.